The van der Waals surface area contributed by atoms with Crippen molar-refractivity contribution in [2.75, 3.05) is 23.8 Å². The van der Waals surface area contributed by atoms with Crippen molar-refractivity contribution in [3.05, 3.63) is 52.6 Å². The Labute approximate surface area is 185 Å². The topological polar surface area (TPSA) is 92.4 Å². The summed E-state index contributed by atoms with van der Waals surface area (Å²) < 4.78 is 6.34. The van der Waals surface area contributed by atoms with E-state index in [1.165, 1.54) is 16.9 Å². The molecule has 0 aliphatic carbocycles. The van der Waals surface area contributed by atoms with Gasteiger partial charge in [0.05, 0.1) is 16.3 Å². The minimum Gasteiger partial charge on any atom is -0.376 e. The Bertz CT molecular complexity index is 1110. The van der Waals surface area contributed by atoms with E-state index in [9.17, 15) is 9.59 Å². The minimum absolute atomic E-state index is 0.0861. The summed E-state index contributed by atoms with van der Waals surface area (Å²) in [5.41, 5.74) is 5.35. The van der Waals surface area contributed by atoms with Crippen LogP contribution in [0.15, 0.2) is 30.3 Å². The smallest absolute Gasteiger partial charge is 0.321 e. The molecule has 2 aromatic carbocycles. The molecule has 0 saturated carbocycles. The molecule has 1 saturated heterocycles. The first-order chi connectivity index (χ1) is 14.9. The predicted molar refractivity (Wildman–Crippen MR) is 124 cm³/mol. The van der Waals surface area contributed by atoms with Gasteiger partial charge in [0.25, 0.3) is 5.91 Å². The molecule has 1 unspecified atom stereocenters. The van der Waals surface area contributed by atoms with Crippen LogP contribution in [0, 0.1) is 20.8 Å². The third-order valence-electron chi connectivity index (χ3n) is 5.30. The number of fused-ring (bicyclic) bond motifs is 1. The molecule has 7 nitrogen and oxygen atoms in total. The molecule has 1 aliphatic rings. The first kappa shape index (κ1) is 21.3. The summed E-state index contributed by atoms with van der Waals surface area (Å²) in [4.78, 5) is 29.4. The fraction of sp³-hybridized carbons (Fsp3) is 0.348. The van der Waals surface area contributed by atoms with E-state index in [2.05, 4.69) is 33.1 Å². The van der Waals surface area contributed by atoms with Gasteiger partial charge in [-0.1, -0.05) is 29.0 Å². The molecule has 3 N–H and O–H groups in total. The highest BCUT2D eigenvalue weighted by Crippen LogP contribution is 2.28. The number of ether oxygens (including phenoxy) is 1. The first-order valence-corrected chi connectivity index (χ1v) is 11.2. The Hall–Kier alpha value is -2.97. The van der Waals surface area contributed by atoms with E-state index in [0.29, 0.717) is 17.2 Å². The van der Waals surface area contributed by atoms with Crippen LogP contribution in [0.5, 0.6) is 0 Å². The molecule has 1 atom stereocenters. The van der Waals surface area contributed by atoms with E-state index in [-0.39, 0.29) is 18.0 Å². The third-order valence-corrected chi connectivity index (χ3v) is 6.23. The predicted octanol–water partition coefficient (Wildman–Crippen LogP) is 4.77. The number of nitrogens with one attached hydrogen (secondary N) is 3. The molecule has 1 fully saturated rings. The van der Waals surface area contributed by atoms with E-state index in [1.807, 2.05) is 20.8 Å². The van der Waals surface area contributed by atoms with Gasteiger partial charge in [0.1, 0.15) is 0 Å². The number of anilines is 2. The van der Waals surface area contributed by atoms with Crippen molar-refractivity contribution in [1.29, 1.82) is 0 Å². The normalized spacial score (nSPS) is 15.8. The van der Waals surface area contributed by atoms with Gasteiger partial charge in [-0.3, -0.25) is 10.1 Å². The largest absolute Gasteiger partial charge is 0.376 e. The molecule has 0 radical (unpaired) electrons. The van der Waals surface area contributed by atoms with Crippen LogP contribution in [0.4, 0.5) is 15.6 Å². The summed E-state index contributed by atoms with van der Waals surface area (Å²) in [6, 6.07) is 9.14. The van der Waals surface area contributed by atoms with E-state index in [0.717, 1.165) is 46.5 Å². The number of benzene rings is 2. The summed E-state index contributed by atoms with van der Waals surface area (Å²) in [6.45, 7) is 7.26. The van der Waals surface area contributed by atoms with Crippen LogP contribution in [0.1, 0.15) is 39.9 Å². The van der Waals surface area contributed by atoms with Gasteiger partial charge in [0.2, 0.25) is 0 Å². The monoisotopic (exact) mass is 438 g/mol. The van der Waals surface area contributed by atoms with Crippen LogP contribution in [0.2, 0.25) is 0 Å². The standard InChI is InChI=1S/C23H26N4O3S/c1-13-9-14(2)20(15(3)10-13)26-21(28)16-6-7-18-19(11-16)31-23(25-18)27-22(29)24-12-17-5-4-8-30-17/h6-7,9-11,17H,4-5,8,12H2,1-3H3,(H,26,28)(H2,24,25,27,29). The highest BCUT2D eigenvalue weighted by Gasteiger charge is 2.17. The average molecular weight is 439 g/mol. The molecule has 1 aliphatic heterocycles. The fourth-order valence-corrected chi connectivity index (χ4v) is 4.74. The van der Waals surface area contributed by atoms with Crippen LogP contribution >= 0.6 is 11.3 Å². The maximum atomic E-state index is 12.8. The van der Waals surface area contributed by atoms with Gasteiger partial charge in [-0.25, -0.2) is 9.78 Å². The number of amides is 3. The van der Waals surface area contributed by atoms with Crippen molar-refractivity contribution in [3.63, 3.8) is 0 Å². The van der Waals surface area contributed by atoms with Crippen molar-refractivity contribution in [3.8, 4) is 0 Å². The lowest BCUT2D eigenvalue weighted by atomic mass is 10.0. The lowest BCUT2D eigenvalue weighted by molar-refractivity contribution is 0.102. The number of aromatic nitrogens is 1. The molecule has 1 aromatic heterocycles. The van der Waals surface area contributed by atoms with Gasteiger partial charge in [-0.05, 0) is 62.9 Å². The highest BCUT2D eigenvalue weighted by atomic mass is 32.1. The molecule has 31 heavy (non-hydrogen) atoms. The summed E-state index contributed by atoms with van der Waals surface area (Å²) in [5.74, 6) is -0.172. The van der Waals surface area contributed by atoms with Gasteiger partial charge >= 0.3 is 6.03 Å². The SMILES string of the molecule is Cc1cc(C)c(NC(=O)c2ccc3nc(NC(=O)NCC4CCCO4)sc3c2)c(C)c1. The molecule has 0 spiro atoms. The molecule has 3 amide bonds. The Morgan fingerprint density at radius 1 is 1.13 bits per heavy atom. The highest BCUT2D eigenvalue weighted by molar-refractivity contribution is 7.22. The minimum atomic E-state index is -0.308. The van der Waals surface area contributed by atoms with Crippen molar-refractivity contribution in [2.45, 2.75) is 39.7 Å². The van der Waals surface area contributed by atoms with Crippen molar-refractivity contribution in [1.82, 2.24) is 10.3 Å². The van der Waals surface area contributed by atoms with Gasteiger partial charge in [0.15, 0.2) is 5.13 Å². The molecule has 0 bridgehead atoms. The number of nitrogens with zero attached hydrogens (tertiary/aromatic N) is 1. The molecule has 3 aromatic rings. The van der Waals surface area contributed by atoms with Crippen LogP contribution < -0.4 is 16.0 Å². The lowest BCUT2D eigenvalue weighted by Crippen LogP contribution is -2.34. The fourth-order valence-electron chi connectivity index (χ4n) is 3.84. The second-order valence-corrected chi connectivity index (χ2v) is 8.93. The number of aryl methyl sites for hydroxylation is 3. The Balaban J connectivity index is 1.43. The lowest BCUT2D eigenvalue weighted by Gasteiger charge is -2.12. The number of carbonyl (C=O) groups is 2. The molecular formula is C23H26N4O3S. The van der Waals surface area contributed by atoms with Crippen LogP contribution in [0.25, 0.3) is 10.2 Å². The average Bonchev–Trinajstić information content (AvgIpc) is 3.37. The summed E-state index contributed by atoms with van der Waals surface area (Å²) in [6.07, 6.45) is 2.08. The van der Waals surface area contributed by atoms with Crippen molar-refractivity contribution >= 4 is 44.3 Å². The molecule has 2 heterocycles. The molecule has 8 heteroatoms. The molecule has 4 rings (SSSR count). The van der Waals surface area contributed by atoms with E-state index < -0.39 is 0 Å². The van der Waals surface area contributed by atoms with Crippen LogP contribution in [-0.2, 0) is 4.74 Å². The quantitative estimate of drug-likeness (QED) is 0.535. The zero-order valence-corrected chi connectivity index (χ0v) is 18.7. The van der Waals surface area contributed by atoms with Crippen LogP contribution in [-0.4, -0.2) is 36.2 Å². The molecular weight excluding hydrogens is 412 g/mol. The third kappa shape index (κ3) is 5.03. The van der Waals surface area contributed by atoms with Gasteiger partial charge in [0, 0.05) is 24.4 Å². The number of hydrogen-bond acceptors (Lipinski definition) is 5. The first-order valence-electron chi connectivity index (χ1n) is 10.4. The number of carbonyl (C=O) groups excluding carboxylic acids is 2. The van der Waals surface area contributed by atoms with Gasteiger partial charge in [-0.15, -0.1) is 0 Å². The van der Waals surface area contributed by atoms with E-state index in [1.54, 1.807) is 18.2 Å². The van der Waals surface area contributed by atoms with Crippen molar-refractivity contribution in [2.24, 2.45) is 0 Å². The van der Waals surface area contributed by atoms with Gasteiger partial charge < -0.3 is 15.4 Å². The maximum absolute atomic E-state index is 12.8. The summed E-state index contributed by atoms with van der Waals surface area (Å²) >= 11 is 1.34. The van der Waals surface area contributed by atoms with E-state index in [4.69, 9.17) is 4.74 Å². The Morgan fingerprint density at radius 2 is 1.90 bits per heavy atom. The van der Waals surface area contributed by atoms with Gasteiger partial charge in [-0.2, -0.15) is 0 Å². The van der Waals surface area contributed by atoms with Crippen LogP contribution in [0.3, 0.4) is 0 Å². The zero-order valence-electron chi connectivity index (χ0n) is 17.9. The van der Waals surface area contributed by atoms with E-state index >= 15 is 0 Å². The summed E-state index contributed by atoms with van der Waals surface area (Å²) in [5, 5.41) is 9.09. The number of thiazole rings is 1. The maximum Gasteiger partial charge on any atom is 0.321 e. The van der Waals surface area contributed by atoms with Crippen molar-refractivity contribution < 1.29 is 14.3 Å². The summed E-state index contributed by atoms with van der Waals surface area (Å²) in [7, 11) is 0. The Morgan fingerprint density at radius 3 is 2.61 bits per heavy atom. The number of hydrogen-bond donors (Lipinski definition) is 3. The Kier molecular flexibility index (Phi) is 6.20. The number of urea groups is 1. The second-order valence-electron chi connectivity index (χ2n) is 7.90. The number of rotatable bonds is 5. The zero-order chi connectivity index (χ0) is 22.0. The molecule has 162 valence electrons. The second kappa shape index (κ2) is 9.03.